The van der Waals surface area contributed by atoms with Crippen molar-refractivity contribution in [1.29, 1.82) is 0 Å². The summed E-state index contributed by atoms with van der Waals surface area (Å²) in [5, 5.41) is 2.78. The van der Waals surface area contributed by atoms with Gasteiger partial charge in [0.05, 0.1) is 6.26 Å². The third-order valence-corrected chi connectivity index (χ3v) is 3.13. The predicted octanol–water partition coefficient (Wildman–Crippen LogP) is 2.78. The number of amides is 1. The average Bonchev–Trinajstić information content (AvgIpc) is 3.05. The second-order valence-corrected chi connectivity index (χ2v) is 5.25. The maximum Gasteiger partial charge on any atom is 0.375 e. The molecule has 0 radical (unpaired) electrons. The van der Waals surface area contributed by atoms with Crippen LogP contribution in [0.1, 0.15) is 30.0 Å². The smallest absolute Gasteiger partial charge is 0.375 e. The molecule has 1 aromatic heterocycles. The molecule has 0 bridgehead atoms. The van der Waals surface area contributed by atoms with Gasteiger partial charge in [0.1, 0.15) is 0 Å². The predicted molar refractivity (Wildman–Crippen MR) is 81.0 cm³/mol. The minimum Gasteiger partial charge on any atom is -0.457 e. The summed E-state index contributed by atoms with van der Waals surface area (Å²) >= 11 is 0. The molecule has 0 aliphatic carbocycles. The van der Waals surface area contributed by atoms with Gasteiger partial charge in [-0.2, -0.15) is 0 Å². The lowest BCUT2D eigenvalue weighted by molar-refractivity contribution is -0.132. The first-order valence-corrected chi connectivity index (χ1v) is 7.14. The molecule has 5 heteroatoms. The van der Waals surface area contributed by atoms with Gasteiger partial charge in [-0.05, 0) is 23.6 Å². The van der Waals surface area contributed by atoms with Crippen LogP contribution in [0.4, 0.5) is 0 Å². The first-order valence-electron chi connectivity index (χ1n) is 7.14. The Hall–Kier alpha value is -2.56. The van der Waals surface area contributed by atoms with Crippen LogP contribution < -0.4 is 5.32 Å². The van der Waals surface area contributed by atoms with Gasteiger partial charge in [0.15, 0.2) is 6.10 Å². The summed E-state index contributed by atoms with van der Waals surface area (Å²) in [6.07, 6.45) is 0.525. The molecule has 0 aliphatic heterocycles. The number of hydrogen-bond acceptors (Lipinski definition) is 4. The molecule has 116 valence electrons. The first kappa shape index (κ1) is 15.8. The van der Waals surface area contributed by atoms with E-state index in [1.165, 1.54) is 12.3 Å². The molecule has 0 fully saturated rings. The van der Waals surface area contributed by atoms with E-state index in [2.05, 4.69) is 5.32 Å². The van der Waals surface area contributed by atoms with E-state index in [9.17, 15) is 9.59 Å². The number of rotatable bonds is 6. The third kappa shape index (κ3) is 4.22. The van der Waals surface area contributed by atoms with Crippen LogP contribution in [-0.4, -0.2) is 18.0 Å². The molecule has 1 amide bonds. The summed E-state index contributed by atoms with van der Waals surface area (Å²) < 4.78 is 10.2. The van der Waals surface area contributed by atoms with Crippen molar-refractivity contribution >= 4 is 11.9 Å². The van der Waals surface area contributed by atoms with Crippen molar-refractivity contribution in [2.45, 2.75) is 26.5 Å². The fourth-order valence-corrected chi connectivity index (χ4v) is 1.95. The van der Waals surface area contributed by atoms with Crippen molar-refractivity contribution in [2.24, 2.45) is 5.92 Å². The Labute approximate surface area is 129 Å². The van der Waals surface area contributed by atoms with Gasteiger partial charge in [-0.15, -0.1) is 0 Å². The van der Waals surface area contributed by atoms with Gasteiger partial charge >= 0.3 is 5.97 Å². The number of furan rings is 1. The van der Waals surface area contributed by atoms with E-state index in [1.807, 2.05) is 44.2 Å². The van der Waals surface area contributed by atoms with Crippen molar-refractivity contribution in [3.05, 3.63) is 60.1 Å². The Morgan fingerprint density at radius 2 is 1.86 bits per heavy atom. The minimum absolute atomic E-state index is 0.0847. The van der Waals surface area contributed by atoms with E-state index in [0.29, 0.717) is 6.54 Å². The Bertz CT molecular complexity index is 605. The molecule has 5 nitrogen and oxygen atoms in total. The fraction of sp³-hybridized carbons (Fsp3) is 0.294. The van der Waals surface area contributed by atoms with Gasteiger partial charge in [0.2, 0.25) is 5.76 Å². The summed E-state index contributed by atoms with van der Waals surface area (Å²) in [5.74, 6) is -1.02. The largest absolute Gasteiger partial charge is 0.457 e. The molecule has 0 aliphatic rings. The molecule has 0 spiro atoms. The quantitative estimate of drug-likeness (QED) is 0.833. The van der Waals surface area contributed by atoms with Crippen molar-refractivity contribution in [1.82, 2.24) is 5.32 Å². The van der Waals surface area contributed by atoms with Gasteiger partial charge in [0.25, 0.3) is 5.91 Å². The Balaban J connectivity index is 1.95. The van der Waals surface area contributed by atoms with Crippen molar-refractivity contribution in [3.8, 4) is 0 Å². The highest BCUT2D eigenvalue weighted by Gasteiger charge is 2.27. The Morgan fingerprint density at radius 1 is 1.14 bits per heavy atom. The molecule has 1 atom stereocenters. The molecule has 1 N–H and O–H groups in total. The molecule has 2 aromatic rings. The van der Waals surface area contributed by atoms with Crippen LogP contribution in [0.3, 0.4) is 0 Å². The van der Waals surface area contributed by atoms with Crippen molar-refractivity contribution in [3.63, 3.8) is 0 Å². The SMILES string of the molecule is CC(C)[C@@H](OC(=O)c1ccco1)C(=O)NCc1ccccc1. The summed E-state index contributed by atoms with van der Waals surface area (Å²) in [6, 6.07) is 12.6. The van der Waals surface area contributed by atoms with Crippen LogP contribution in [0.2, 0.25) is 0 Å². The second kappa shape index (κ2) is 7.45. The highest BCUT2D eigenvalue weighted by molar-refractivity contribution is 5.90. The zero-order chi connectivity index (χ0) is 15.9. The summed E-state index contributed by atoms with van der Waals surface area (Å²) in [6.45, 7) is 4.03. The van der Waals surface area contributed by atoms with Crippen LogP contribution in [0.15, 0.2) is 53.1 Å². The fourth-order valence-electron chi connectivity index (χ4n) is 1.95. The summed E-state index contributed by atoms with van der Waals surface area (Å²) in [7, 11) is 0. The van der Waals surface area contributed by atoms with Crippen LogP contribution in [0, 0.1) is 5.92 Å². The zero-order valence-electron chi connectivity index (χ0n) is 12.6. The van der Waals surface area contributed by atoms with Gasteiger partial charge in [-0.1, -0.05) is 44.2 Å². The molecular formula is C17H19NO4. The number of hydrogen-bond donors (Lipinski definition) is 1. The van der Waals surface area contributed by atoms with E-state index in [-0.39, 0.29) is 17.6 Å². The van der Waals surface area contributed by atoms with Gasteiger partial charge in [-0.25, -0.2) is 4.79 Å². The number of carbonyl (C=O) groups is 2. The maximum atomic E-state index is 12.2. The van der Waals surface area contributed by atoms with Crippen LogP contribution >= 0.6 is 0 Å². The lowest BCUT2D eigenvalue weighted by atomic mass is 10.1. The number of nitrogens with one attached hydrogen (secondary N) is 1. The highest BCUT2D eigenvalue weighted by Crippen LogP contribution is 2.12. The molecule has 0 unspecified atom stereocenters. The van der Waals surface area contributed by atoms with Crippen LogP contribution in [-0.2, 0) is 16.1 Å². The van der Waals surface area contributed by atoms with E-state index >= 15 is 0 Å². The monoisotopic (exact) mass is 301 g/mol. The number of carbonyl (C=O) groups excluding carboxylic acids is 2. The van der Waals surface area contributed by atoms with E-state index in [0.717, 1.165) is 5.56 Å². The molecule has 0 saturated heterocycles. The van der Waals surface area contributed by atoms with E-state index in [4.69, 9.17) is 9.15 Å². The lowest BCUT2D eigenvalue weighted by Gasteiger charge is -2.20. The van der Waals surface area contributed by atoms with Gasteiger partial charge in [-0.3, -0.25) is 4.79 Å². The number of esters is 1. The average molecular weight is 301 g/mol. The van der Waals surface area contributed by atoms with Gasteiger partial charge < -0.3 is 14.5 Å². The molecule has 22 heavy (non-hydrogen) atoms. The summed E-state index contributed by atoms with van der Waals surface area (Å²) in [5.41, 5.74) is 0.982. The minimum atomic E-state index is -0.860. The van der Waals surface area contributed by atoms with E-state index < -0.39 is 12.1 Å². The topological polar surface area (TPSA) is 68.5 Å². The molecule has 2 rings (SSSR count). The third-order valence-electron chi connectivity index (χ3n) is 3.13. The Kier molecular flexibility index (Phi) is 5.36. The first-order chi connectivity index (χ1) is 10.6. The highest BCUT2D eigenvalue weighted by atomic mass is 16.6. The second-order valence-electron chi connectivity index (χ2n) is 5.25. The molecule has 1 aromatic carbocycles. The standard InChI is InChI=1S/C17H19NO4/c1-12(2)15(22-17(20)14-9-6-10-21-14)16(19)18-11-13-7-4-3-5-8-13/h3-10,12,15H,11H2,1-2H3,(H,18,19)/t15-/m1/s1. The van der Waals surface area contributed by atoms with Gasteiger partial charge in [0, 0.05) is 6.54 Å². The lowest BCUT2D eigenvalue weighted by Crippen LogP contribution is -2.40. The van der Waals surface area contributed by atoms with Crippen LogP contribution in [0.5, 0.6) is 0 Å². The molecule has 1 heterocycles. The zero-order valence-corrected chi connectivity index (χ0v) is 12.6. The molecular weight excluding hydrogens is 282 g/mol. The van der Waals surface area contributed by atoms with Crippen molar-refractivity contribution in [2.75, 3.05) is 0 Å². The van der Waals surface area contributed by atoms with Crippen LogP contribution in [0.25, 0.3) is 0 Å². The van der Waals surface area contributed by atoms with Crippen molar-refractivity contribution < 1.29 is 18.7 Å². The van der Waals surface area contributed by atoms with E-state index in [1.54, 1.807) is 6.07 Å². The normalized spacial score (nSPS) is 12.0. The summed E-state index contributed by atoms with van der Waals surface area (Å²) in [4.78, 5) is 24.1. The Morgan fingerprint density at radius 3 is 2.45 bits per heavy atom. The number of ether oxygens (including phenoxy) is 1. The maximum absolute atomic E-state index is 12.2. The molecule has 0 saturated carbocycles. The number of benzene rings is 1.